The van der Waals surface area contributed by atoms with Gasteiger partial charge in [-0.25, -0.2) is 4.98 Å². The van der Waals surface area contributed by atoms with E-state index in [9.17, 15) is 0 Å². The van der Waals surface area contributed by atoms with Crippen molar-refractivity contribution >= 4 is 11.3 Å². The van der Waals surface area contributed by atoms with Gasteiger partial charge in [-0.15, -0.1) is 11.3 Å². The molecule has 0 atom stereocenters. The van der Waals surface area contributed by atoms with E-state index in [-0.39, 0.29) is 0 Å². The first kappa shape index (κ1) is 11.1. The van der Waals surface area contributed by atoms with E-state index in [1.54, 1.807) is 23.7 Å². The third kappa shape index (κ3) is 3.03. The summed E-state index contributed by atoms with van der Waals surface area (Å²) in [6, 6.07) is 3.76. The van der Waals surface area contributed by atoms with Crippen molar-refractivity contribution in [2.45, 2.75) is 26.4 Å². The molecule has 16 heavy (non-hydrogen) atoms. The van der Waals surface area contributed by atoms with Gasteiger partial charge in [-0.1, -0.05) is 6.92 Å². The molecular weight excluding hydrogens is 220 g/mol. The second-order valence-corrected chi connectivity index (χ2v) is 4.40. The molecule has 0 unspecified atom stereocenters. The molecular formula is C12H14N2OS. The molecule has 0 aliphatic rings. The molecule has 2 aromatic rings. The van der Waals surface area contributed by atoms with Gasteiger partial charge in [0.2, 0.25) is 0 Å². The second kappa shape index (κ2) is 5.61. The first-order valence-corrected chi connectivity index (χ1v) is 6.22. The van der Waals surface area contributed by atoms with Crippen molar-refractivity contribution in [2.24, 2.45) is 0 Å². The van der Waals surface area contributed by atoms with E-state index in [0.717, 1.165) is 24.3 Å². The summed E-state index contributed by atoms with van der Waals surface area (Å²) < 4.78 is 5.57. The van der Waals surface area contributed by atoms with Crippen LogP contribution in [0, 0.1) is 0 Å². The van der Waals surface area contributed by atoms with Crippen LogP contribution in [-0.4, -0.2) is 9.97 Å². The van der Waals surface area contributed by atoms with Crippen LogP contribution in [0.4, 0.5) is 0 Å². The fourth-order valence-electron chi connectivity index (χ4n) is 1.33. The summed E-state index contributed by atoms with van der Waals surface area (Å²) in [5.74, 6) is 0.785. The molecule has 3 nitrogen and oxygen atoms in total. The average molecular weight is 234 g/mol. The van der Waals surface area contributed by atoms with Crippen molar-refractivity contribution in [3.05, 3.63) is 40.6 Å². The lowest BCUT2D eigenvalue weighted by Crippen LogP contribution is -1.96. The fourth-order valence-corrected chi connectivity index (χ4v) is 2.22. The van der Waals surface area contributed by atoms with Gasteiger partial charge in [-0.3, -0.25) is 4.98 Å². The van der Waals surface area contributed by atoms with E-state index in [2.05, 4.69) is 22.3 Å². The van der Waals surface area contributed by atoms with Gasteiger partial charge < -0.3 is 4.74 Å². The predicted molar refractivity (Wildman–Crippen MR) is 64.7 cm³/mol. The number of aryl methyl sites for hydroxylation is 1. The summed E-state index contributed by atoms with van der Waals surface area (Å²) in [4.78, 5) is 8.48. The number of thiazole rings is 1. The molecule has 2 aromatic heterocycles. The van der Waals surface area contributed by atoms with Crippen LogP contribution in [0.5, 0.6) is 5.75 Å². The number of rotatable bonds is 5. The van der Waals surface area contributed by atoms with Crippen molar-refractivity contribution in [1.82, 2.24) is 9.97 Å². The largest absolute Gasteiger partial charge is 0.486 e. The quantitative estimate of drug-likeness (QED) is 0.797. The third-order valence-corrected chi connectivity index (χ3v) is 3.04. The van der Waals surface area contributed by atoms with Crippen LogP contribution in [0.1, 0.15) is 24.0 Å². The van der Waals surface area contributed by atoms with Crippen molar-refractivity contribution in [2.75, 3.05) is 0 Å². The van der Waals surface area contributed by atoms with E-state index >= 15 is 0 Å². The van der Waals surface area contributed by atoms with E-state index < -0.39 is 0 Å². The average Bonchev–Trinajstić information content (AvgIpc) is 2.76. The Morgan fingerprint density at radius 1 is 1.44 bits per heavy atom. The highest BCUT2D eigenvalue weighted by molar-refractivity contribution is 7.09. The topological polar surface area (TPSA) is 35.0 Å². The molecule has 2 rings (SSSR count). The lowest BCUT2D eigenvalue weighted by Gasteiger charge is -2.02. The molecule has 0 radical (unpaired) electrons. The number of aromatic nitrogens is 2. The Kier molecular flexibility index (Phi) is 3.88. The second-order valence-electron chi connectivity index (χ2n) is 3.46. The Balaban J connectivity index is 1.89. The van der Waals surface area contributed by atoms with E-state index in [0.29, 0.717) is 6.61 Å². The summed E-state index contributed by atoms with van der Waals surface area (Å²) in [6.07, 6.45) is 5.63. The number of pyridine rings is 1. The lowest BCUT2D eigenvalue weighted by atomic mass is 10.3. The maximum absolute atomic E-state index is 5.57. The van der Waals surface area contributed by atoms with Crippen LogP contribution >= 0.6 is 11.3 Å². The number of hydrogen-bond donors (Lipinski definition) is 0. The zero-order chi connectivity index (χ0) is 11.2. The molecule has 0 saturated carbocycles. The van der Waals surface area contributed by atoms with Crippen LogP contribution < -0.4 is 4.74 Å². The summed E-state index contributed by atoms with van der Waals surface area (Å²) >= 11 is 1.70. The minimum Gasteiger partial charge on any atom is -0.486 e. The molecule has 84 valence electrons. The molecule has 0 aliphatic heterocycles. The Morgan fingerprint density at radius 2 is 2.38 bits per heavy atom. The van der Waals surface area contributed by atoms with Crippen LogP contribution in [0.15, 0.2) is 29.9 Å². The van der Waals surface area contributed by atoms with Gasteiger partial charge in [0.05, 0.1) is 16.9 Å². The normalized spacial score (nSPS) is 10.3. The van der Waals surface area contributed by atoms with Crippen LogP contribution in [0.3, 0.4) is 0 Å². The van der Waals surface area contributed by atoms with Crippen LogP contribution in [0.2, 0.25) is 0 Å². The maximum Gasteiger partial charge on any atom is 0.138 e. The zero-order valence-electron chi connectivity index (χ0n) is 9.22. The molecule has 0 amide bonds. The van der Waals surface area contributed by atoms with Gasteiger partial charge in [0.25, 0.3) is 0 Å². The molecule has 0 fully saturated rings. The third-order valence-electron chi connectivity index (χ3n) is 2.08. The highest BCUT2D eigenvalue weighted by Crippen LogP contribution is 2.14. The first-order valence-electron chi connectivity index (χ1n) is 5.34. The smallest absolute Gasteiger partial charge is 0.138 e. The SMILES string of the molecule is CCCc1nc(COc2cccnc2)cs1. The summed E-state index contributed by atoms with van der Waals surface area (Å²) in [7, 11) is 0. The molecule has 0 spiro atoms. The molecule has 0 aliphatic carbocycles. The summed E-state index contributed by atoms with van der Waals surface area (Å²) in [5, 5.41) is 3.24. The van der Waals surface area contributed by atoms with Gasteiger partial charge in [0, 0.05) is 11.6 Å². The molecule has 0 bridgehead atoms. The van der Waals surface area contributed by atoms with Gasteiger partial charge in [-0.2, -0.15) is 0 Å². The number of hydrogen-bond acceptors (Lipinski definition) is 4. The standard InChI is InChI=1S/C12H14N2OS/c1-2-4-12-14-10(9-16-12)8-15-11-5-3-6-13-7-11/h3,5-7,9H,2,4,8H2,1H3. The van der Waals surface area contributed by atoms with Crippen LogP contribution in [-0.2, 0) is 13.0 Å². The highest BCUT2D eigenvalue weighted by Gasteiger charge is 2.02. The van der Waals surface area contributed by atoms with Crippen molar-refractivity contribution < 1.29 is 4.74 Å². The van der Waals surface area contributed by atoms with Crippen molar-refractivity contribution in [3.63, 3.8) is 0 Å². The first-order chi connectivity index (χ1) is 7.88. The zero-order valence-corrected chi connectivity index (χ0v) is 10.0. The Morgan fingerprint density at radius 3 is 3.12 bits per heavy atom. The Bertz CT molecular complexity index is 428. The minimum absolute atomic E-state index is 0.520. The van der Waals surface area contributed by atoms with Crippen LogP contribution in [0.25, 0.3) is 0 Å². The Hall–Kier alpha value is -1.42. The van der Waals surface area contributed by atoms with E-state index in [1.165, 1.54) is 5.01 Å². The Labute approximate surface area is 99.1 Å². The highest BCUT2D eigenvalue weighted by atomic mass is 32.1. The monoisotopic (exact) mass is 234 g/mol. The van der Waals surface area contributed by atoms with Crippen molar-refractivity contribution in [3.8, 4) is 5.75 Å². The maximum atomic E-state index is 5.57. The molecule has 4 heteroatoms. The predicted octanol–water partition coefficient (Wildman–Crippen LogP) is 3.07. The molecule has 0 aromatic carbocycles. The summed E-state index contributed by atoms with van der Waals surface area (Å²) in [6.45, 7) is 2.68. The number of ether oxygens (including phenoxy) is 1. The fraction of sp³-hybridized carbons (Fsp3) is 0.333. The lowest BCUT2D eigenvalue weighted by molar-refractivity contribution is 0.300. The van der Waals surface area contributed by atoms with Gasteiger partial charge >= 0.3 is 0 Å². The molecule has 2 heterocycles. The van der Waals surface area contributed by atoms with Gasteiger partial charge in [-0.05, 0) is 25.0 Å². The van der Waals surface area contributed by atoms with E-state index in [4.69, 9.17) is 4.74 Å². The minimum atomic E-state index is 0.520. The van der Waals surface area contributed by atoms with E-state index in [1.807, 2.05) is 12.1 Å². The summed E-state index contributed by atoms with van der Waals surface area (Å²) in [5.41, 5.74) is 0.998. The molecule has 0 saturated heterocycles. The molecule has 0 N–H and O–H groups in total. The number of nitrogens with zero attached hydrogens (tertiary/aromatic N) is 2. The van der Waals surface area contributed by atoms with Crippen molar-refractivity contribution in [1.29, 1.82) is 0 Å². The van der Waals surface area contributed by atoms with Gasteiger partial charge in [0.1, 0.15) is 12.4 Å². The van der Waals surface area contributed by atoms with Gasteiger partial charge in [0.15, 0.2) is 0 Å².